The van der Waals surface area contributed by atoms with Gasteiger partial charge in [-0.05, 0) is 56.3 Å². The van der Waals surface area contributed by atoms with Crippen molar-refractivity contribution in [3.63, 3.8) is 0 Å². The van der Waals surface area contributed by atoms with Crippen LogP contribution in [0.15, 0.2) is 24.4 Å². The minimum absolute atomic E-state index is 0.0397. The van der Waals surface area contributed by atoms with Crippen molar-refractivity contribution in [2.75, 3.05) is 26.2 Å². The first-order valence-electron chi connectivity index (χ1n) is 9.71. The molecule has 1 atom stereocenters. The van der Waals surface area contributed by atoms with Crippen LogP contribution in [0.3, 0.4) is 0 Å². The van der Waals surface area contributed by atoms with Crippen LogP contribution in [0, 0.1) is 5.92 Å². The van der Waals surface area contributed by atoms with Gasteiger partial charge >= 0.3 is 11.9 Å². The molecule has 1 amide bonds. The number of hydrogen-bond donors (Lipinski definition) is 3. The van der Waals surface area contributed by atoms with E-state index >= 15 is 0 Å². The van der Waals surface area contributed by atoms with Crippen molar-refractivity contribution in [2.24, 2.45) is 5.92 Å². The summed E-state index contributed by atoms with van der Waals surface area (Å²) in [5.41, 5.74) is 1.63. The monoisotopic (exact) mass is 403 g/mol. The van der Waals surface area contributed by atoms with E-state index in [0.717, 1.165) is 37.3 Å². The molecule has 29 heavy (non-hydrogen) atoms. The number of nitrogens with zero attached hydrogens (tertiary/aromatic N) is 2. The number of hydrogen-bond acceptors (Lipinski definition) is 6. The number of carboxylic acids is 2. The Balaban J connectivity index is 0.000000258. The summed E-state index contributed by atoms with van der Waals surface area (Å²) in [6.45, 7) is 4.11. The Morgan fingerprint density at radius 2 is 1.86 bits per heavy atom. The van der Waals surface area contributed by atoms with E-state index in [9.17, 15) is 14.4 Å². The van der Waals surface area contributed by atoms with Crippen LogP contribution in [0.1, 0.15) is 35.3 Å². The Labute approximate surface area is 168 Å². The minimum atomic E-state index is -1.26. The largest absolute Gasteiger partial charge is 0.492 e. The molecule has 156 valence electrons. The summed E-state index contributed by atoms with van der Waals surface area (Å²) in [7, 11) is 0. The highest BCUT2D eigenvalue weighted by Gasteiger charge is 2.35. The highest BCUT2D eigenvalue weighted by Crippen LogP contribution is 2.28. The second-order valence-corrected chi connectivity index (χ2v) is 7.36. The zero-order chi connectivity index (χ0) is 20.8. The van der Waals surface area contributed by atoms with E-state index in [1.54, 1.807) is 6.20 Å². The number of carboxylic acid groups (broad SMARTS) is 2. The standard InChI is InChI=1S/C16H21N3O2.C4H4O4/c20-16(18-14-10-19-5-3-11(14)4-6-19)13-8-12-2-1-7-21-15(12)9-17-13;5-3(6)1-2-4(7)8/h8-9,11,14H,1-7,10H2,(H,18,20);1-2H,(H,5,6)(H,7,8)/t14-;/m0./s1. The molecule has 0 saturated carbocycles. The van der Waals surface area contributed by atoms with E-state index in [1.807, 2.05) is 6.07 Å². The normalized spacial score (nSPS) is 24.6. The second kappa shape index (κ2) is 9.51. The molecule has 1 aromatic heterocycles. The maximum absolute atomic E-state index is 12.4. The van der Waals surface area contributed by atoms with Gasteiger partial charge in [-0.25, -0.2) is 14.6 Å². The van der Waals surface area contributed by atoms with Crippen LogP contribution in [0.25, 0.3) is 0 Å². The zero-order valence-electron chi connectivity index (χ0n) is 16.0. The molecule has 4 aliphatic heterocycles. The lowest BCUT2D eigenvalue weighted by molar-refractivity contribution is -0.134. The molecule has 0 spiro atoms. The third-order valence-corrected chi connectivity index (χ3v) is 5.37. The Bertz CT molecular complexity index is 785. The first kappa shape index (κ1) is 20.8. The summed E-state index contributed by atoms with van der Waals surface area (Å²) < 4.78 is 5.55. The van der Waals surface area contributed by atoms with E-state index < -0.39 is 11.9 Å². The summed E-state index contributed by atoms with van der Waals surface area (Å²) in [4.78, 5) is 38.3. The van der Waals surface area contributed by atoms with Gasteiger partial charge < -0.3 is 25.2 Å². The number of ether oxygens (including phenoxy) is 1. The van der Waals surface area contributed by atoms with E-state index in [-0.39, 0.29) is 11.9 Å². The van der Waals surface area contributed by atoms with E-state index in [0.29, 0.717) is 23.8 Å². The molecule has 0 aromatic carbocycles. The van der Waals surface area contributed by atoms with Gasteiger partial charge in [-0.15, -0.1) is 0 Å². The van der Waals surface area contributed by atoms with Crippen molar-refractivity contribution in [3.8, 4) is 5.75 Å². The van der Waals surface area contributed by atoms with Crippen LogP contribution in [0.2, 0.25) is 0 Å². The summed E-state index contributed by atoms with van der Waals surface area (Å²) in [6.07, 6.45) is 7.20. The summed E-state index contributed by atoms with van der Waals surface area (Å²) >= 11 is 0. The molecular formula is C20H25N3O6. The van der Waals surface area contributed by atoms with Gasteiger partial charge in [0.05, 0.1) is 12.8 Å². The van der Waals surface area contributed by atoms with Gasteiger partial charge in [-0.2, -0.15) is 0 Å². The Morgan fingerprint density at radius 3 is 2.45 bits per heavy atom. The fourth-order valence-electron chi connectivity index (χ4n) is 3.89. The quantitative estimate of drug-likeness (QED) is 0.634. The van der Waals surface area contributed by atoms with Gasteiger partial charge in [0.25, 0.3) is 5.91 Å². The average molecular weight is 403 g/mol. The maximum atomic E-state index is 12.4. The molecule has 2 bridgehead atoms. The third-order valence-electron chi connectivity index (χ3n) is 5.37. The third kappa shape index (κ3) is 5.77. The minimum Gasteiger partial charge on any atom is -0.492 e. The zero-order valence-corrected chi connectivity index (χ0v) is 16.0. The lowest BCUT2D eigenvalue weighted by atomic mass is 9.84. The van der Waals surface area contributed by atoms with Crippen LogP contribution in [-0.4, -0.2) is 70.2 Å². The number of nitrogens with one attached hydrogen (secondary N) is 1. The molecule has 3 N–H and O–H groups in total. The summed E-state index contributed by atoms with van der Waals surface area (Å²) in [5.74, 6) is -1.08. The predicted molar refractivity (Wildman–Crippen MR) is 103 cm³/mol. The molecule has 5 rings (SSSR count). The van der Waals surface area contributed by atoms with E-state index in [2.05, 4.69) is 15.2 Å². The average Bonchev–Trinajstić information content (AvgIpc) is 2.73. The number of fused-ring (bicyclic) bond motifs is 4. The molecule has 3 fully saturated rings. The molecule has 9 nitrogen and oxygen atoms in total. The van der Waals surface area contributed by atoms with Crippen molar-refractivity contribution in [3.05, 3.63) is 35.7 Å². The number of pyridine rings is 1. The molecule has 0 aliphatic carbocycles. The Morgan fingerprint density at radius 1 is 1.17 bits per heavy atom. The van der Waals surface area contributed by atoms with Crippen molar-refractivity contribution < 1.29 is 29.3 Å². The number of carbonyl (C=O) groups excluding carboxylic acids is 1. The number of aliphatic carboxylic acids is 2. The van der Waals surface area contributed by atoms with E-state index in [4.69, 9.17) is 14.9 Å². The lowest BCUT2D eigenvalue weighted by Crippen LogP contribution is -2.57. The van der Waals surface area contributed by atoms with Gasteiger partial charge in [0, 0.05) is 24.7 Å². The van der Waals surface area contributed by atoms with Crippen molar-refractivity contribution >= 4 is 17.8 Å². The second-order valence-electron chi connectivity index (χ2n) is 7.36. The van der Waals surface area contributed by atoms with E-state index in [1.165, 1.54) is 25.9 Å². The number of carbonyl (C=O) groups is 3. The first-order chi connectivity index (χ1) is 13.9. The highest BCUT2D eigenvalue weighted by atomic mass is 16.5. The molecule has 3 saturated heterocycles. The number of aryl methyl sites for hydroxylation is 1. The lowest BCUT2D eigenvalue weighted by Gasteiger charge is -2.44. The van der Waals surface area contributed by atoms with Crippen LogP contribution in [0.4, 0.5) is 0 Å². The van der Waals surface area contributed by atoms with Crippen molar-refractivity contribution in [2.45, 2.75) is 31.7 Å². The van der Waals surface area contributed by atoms with Gasteiger partial charge in [-0.1, -0.05) is 0 Å². The Hall–Kier alpha value is -2.94. The number of rotatable bonds is 4. The summed E-state index contributed by atoms with van der Waals surface area (Å²) in [5, 5.41) is 18.8. The van der Waals surface area contributed by atoms with Gasteiger partial charge in [0.1, 0.15) is 11.4 Å². The van der Waals surface area contributed by atoms with Gasteiger partial charge in [0.2, 0.25) is 0 Å². The summed E-state index contributed by atoms with van der Waals surface area (Å²) in [6, 6.07) is 2.18. The smallest absolute Gasteiger partial charge is 0.328 e. The molecule has 9 heteroatoms. The topological polar surface area (TPSA) is 129 Å². The predicted octanol–water partition coefficient (Wildman–Crippen LogP) is 0.942. The van der Waals surface area contributed by atoms with Crippen molar-refractivity contribution in [1.82, 2.24) is 15.2 Å². The number of aromatic nitrogens is 1. The fraction of sp³-hybridized carbons (Fsp3) is 0.500. The molecule has 0 unspecified atom stereocenters. The number of piperidine rings is 3. The first-order valence-corrected chi connectivity index (χ1v) is 9.71. The number of amides is 1. The van der Waals surface area contributed by atoms with Crippen LogP contribution >= 0.6 is 0 Å². The van der Waals surface area contributed by atoms with Crippen molar-refractivity contribution in [1.29, 1.82) is 0 Å². The molecule has 1 aromatic rings. The molecule has 4 aliphatic rings. The molecule has 0 radical (unpaired) electrons. The van der Waals surface area contributed by atoms with Crippen LogP contribution in [-0.2, 0) is 16.0 Å². The molecular weight excluding hydrogens is 378 g/mol. The SMILES string of the molecule is O=C(N[C@H]1CN2CCC1CC2)c1cc2c(cn1)OCCC2.O=C(O)C=CC(=O)O. The Kier molecular flexibility index (Phi) is 6.82. The van der Waals surface area contributed by atoms with Crippen LogP contribution in [0.5, 0.6) is 5.75 Å². The highest BCUT2D eigenvalue weighted by molar-refractivity contribution is 5.92. The van der Waals surface area contributed by atoms with Crippen LogP contribution < -0.4 is 10.1 Å². The molecule has 5 heterocycles. The van der Waals surface area contributed by atoms with Gasteiger partial charge in [-0.3, -0.25) is 4.79 Å². The fourth-order valence-corrected chi connectivity index (χ4v) is 3.89. The van der Waals surface area contributed by atoms with Gasteiger partial charge in [0.15, 0.2) is 0 Å². The maximum Gasteiger partial charge on any atom is 0.328 e.